The Balaban J connectivity index is 1.57. The Morgan fingerprint density at radius 3 is 3.24 bits per heavy atom. The van der Waals surface area contributed by atoms with Gasteiger partial charge >= 0.3 is 0 Å². The summed E-state index contributed by atoms with van der Waals surface area (Å²) in [6.07, 6.45) is 7.95. The molecule has 2 aliphatic rings. The SMILES string of the molecule is Cc1c[nH]c2nccc(N3C=C(C(=O)N[C@H]4CCCNC4)SCC3)c12. The van der Waals surface area contributed by atoms with E-state index in [4.69, 9.17) is 0 Å². The molecular formula is C18H23N5OS. The average Bonchev–Trinajstić information content (AvgIpc) is 3.04. The molecule has 0 saturated carbocycles. The number of aryl methyl sites for hydroxylation is 1. The van der Waals surface area contributed by atoms with Gasteiger partial charge in [0.15, 0.2) is 0 Å². The minimum absolute atomic E-state index is 0.0412. The molecule has 7 heteroatoms. The molecule has 3 N–H and O–H groups in total. The molecule has 2 aliphatic heterocycles. The Labute approximate surface area is 151 Å². The zero-order valence-corrected chi connectivity index (χ0v) is 15.2. The average molecular weight is 357 g/mol. The van der Waals surface area contributed by atoms with Crippen LogP contribution >= 0.6 is 11.8 Å². The van der Waals surface area contributed by atoms with Crippen LogP contribution in [0.4, 0.5) is 5.69 Å². The second-order valence-corrected chi connectivity index (χ2v) is 7.71. The number of nitrogens with one attached hydrogen (secondary N) is 3. The van der Waals surface area contributed by atoms with Crippen LogP contribution in [0.1, 0.15) is 18.4 Å². The summed E-state index contributed by atoms with van der Waals surface area (Å²) >= 11 is 1.63. The number of anilines is 1. The van der Waals surface area contributed by atoms with Gasteiger partial charge in [0.2, 0.25) is 0 Å². The Morgan fingerprint density at radius 1 is 1.48 bits per heavy atom. The van der Waals surface area contributed by atoms with Crippen molar-refractivity contribution in [3.05, 3.63) is 35.1 Å². The van der Waals surface area contributed by atoms with E-state index in [1.54, 1.807) is 11.8 Å². The summed E-state index contributed by atoms with van der Waals surface area (Å²) in [5, 5.41) is 7.63. The highest BCUT2D eigenvalue weighted by Crippen LogP contribution is 2.32. The van der Waals surface area contributed by atoms with Crippen LogP contribution in [-0.2, 0) is 4.79 Å². The summed E-state index contributed by atoms with van der Waals surface area (Å²) in [5.74, 6) is 0.939. The molecule has 25 heavy (non-hydrogen) atoms. The molecule has 132 valence electrons. The lowest BCUT2D eigenvalue weighted by Gasteiger charge is -2.28. The number of pyridine rings is 1. The molecule has 2 aromatic rings. The molecule has 1 saturated heterocycles. The predicted molar refractivity (Wildman–Crippen MR) is 103 cm³/mol. The van der Waals surface area contributed by atoms with Gasteiger partial charge in [0.1, 0.15) is 5.65 Å². The van der Waals surface area contributed by atoms with E-state index in [9.17, 15) is 4.79 Å². The number of hydrogen-bond donors (Lipinski definition) is 3. The fourth-order valence-corrected chi connectivity index (χ4v) is 4.38. The third-order valence-electron chi connectivity index (χ3n) is 4.78. The summed E-state index contributed by atoms with van der Waals surface area (Å²) in [4.78, 5) is 23.2. The van der Waals surface area contributed by atoms with Crippen LogP contribution in [0.15, 0.2) is 29.6 Å². The highest BCUT2D eigenvalue weighted by Gasteiger charge is 2.23. The minimum Gasteiger partial charge on any atom is -0.348 e. The number of piperidine rings is 1. The van der Waals surface area contributed by atoms with E-state index in [-0.39, 0.29) is 11.9 Å². The van der Waals surface area contributed by atoms with Crippen molar-refractivity contribution >= 4 is 34.4 Å². The molecule has 6 nitrogen and oxygen atoms in total. The first-order valence-electron chi connectivity index (χ1n) is 8.78. The van der Waals surface area contributed by atoms with Crippen molar-refractivity contribution in [1.29, 1.82) is 0 Å². The number of amides is 1. The van der Waals surface area contributed by atoms with E-state index < -0.39 is 0 Å². The van der Waals surface area contributed by atoms with Gasteiger partial charge in [0.25, 0.3) is 5.91 Å². The molecule has 2 aromatic heterocycles. The third kappa shape index (κ3) is 3.39. The Kier molecular flexibility index (Phi) is 4.67. The summed E-state index contributed by atoms with van der Waals surface area (Å²) in [5.41, 5.74) is 3.17. The first kappa shape index (κ1) is 16.5. The fraction of sp³-hybridized carbons (Fsp3) is 0.444. The van der Waals surface area contributed by atoms with Gasteiger partial charge in [-0.3, -0.25) is 4.79 Å². The van der Waals surface area contributed by atoms with Gasteiger partial charge in [-0.25, -0.2) is 4.98 Å². The minimum atomic E-state index is 0.0412. The Morgan fingerprint density at radius 2 is 2.40 bits per heavy atom. The maximum absolute atomic E-state index is 12.7. The zero-order chi connectivity index (χ0) is 17.2. The van der Waals surface area contributed by atoms with Crippen LogP contribution in [0.5, 0.6) is 0 Å². The lowest BCUT2D eigenvalue weighted by atomic mass is 10.1. The van der Waals surface area contributed by atoms with Crippen LogP contribution in [0.2, 0.25) is 0 Å². The van der Waals surface area contributed by atoms with E-state index in [1.807, 2.05) is 24.7 Å². The van der Waals surface area contributed by atoms with E-state index in [1.165, 1.54) is 5.56 Å². The van der Waals surface area contributed by atoms with E-state index in [2.05, 4.69) is 32.4 Å². The molecule has 1 amide bonds. The second-order valence-electron chi connectivity index (χ2n) is 6.58. The third-order valence-corrected chi connectivity index (χ3v) is 5.77. The molecule has 0 aliphatic carbocycles. The van der Waals surface area contributed by atoms with E-state index in [0.29, 0.717) is 0 Å². The monoisotopic (exact) mass is 357 g/mol. The van der Waals surface area contributed by atoms with Gasteiger partial charge in [-0.1, -0.05) is 0 Å². The fourth-order valence-electron chi connectivity index (χ4n) is 3.48. The standard InChI is InChI=1S/C18H23N5OS/c1-12-9-21-17-16(12)14(4-6-20-17)23-7-8-25-15(11-23)18(24)22-13-3-2-5-19-10-13/h4,6,9,11,13,19H,2-3,5,7-8,10H2,1H3,(H,20,21)(H,22,24)/t13-/m0/s1. The largest absolute Gasteiger partial charge is 0.348 e. The van der Waals surface area contributed by atoms with Gasteiger partial charge in [-0.15, -0.1) is 11.8 Å². The van der Waals surface area contributed by atoms with Crippen LogP contribution in [0.3, 0.4) is 0 Å². The number of carbonyl (C=O) groups excluding carboxylic acids is 1. The number of thioether (sulfide) groups is 1. The molecule has 0 unspecified atom stereocenters. The predicted octanol–water partition coefficient (Wildman–Crippen LogP) is 2.13. The molecule has 4 heterocycles. The van der Waals surface area contributed by atoms with Gasteiger partial charge < -0.3 is 20.5 Å². The van der Waals surface area contributed by atoms with E-state index >= 15 is 0 Å². The number of rotatable bonds is 3. The van der Waals surface area contributed by atoms with Crippen LogP contribution < -0.4 is 15.5 Å². The normalized spacial score (nSPS) is 21.2. The number of carbonyl (C=O) groups is 1. The quantitative estimate of drug-likeness (QED) is 0.785. The van der Waals surface area contributed by atoms with Crippen LogP contribution in [-0.4, -0.2) is 47.3 Å². The molecule has 4 rings (SSSR count). The molecular weight excluding hydrogens is 334 g/mol. The van der Waals surface area contributed by atoms with Crippen molar-refractivity contribution in [2.45, 2.75) is 25.8 Å². The van der Waals surface area contributed by atoms with Gasteiger partial charge in [-0.2, -0.15) is 0 Å². The van der Waals surface area contributed by atoms with Crippen molar-refractivity contribution in [2.24, 2.45) is 0 Å². The molecule has 0 radical (unpaired) electrons. The lowest BCUT2D eigenvalue weighted by Crippen LogP contribution is -2.46. The number of fused-ring (bicyclic) bond motifs is 1. The topological polar surface area (TPSA) is 73.0 Å². The number of nitrogens with zero attached hydrogens (tertiary/aromatic N) is 2. The number of aromatic nitrogens is 2. The molecule has 0 bridgehead atoms. The maximum atomic E-state index is 12.7. The number of H-pyrrole nitrogens is 1. The summed E-state index contributed by atoms with van der Waals surface area (Å²) in [6, 6.07) is 2.26. The first-order chi connectivity index (χ1) is 12.2. The van der Waals surface area contributed by atoms with Crippen LogP contribution in [0, 0.1) is 6.92 Å². The van der Waals surface area contributed by atoms with Crippen molar-refractivity contribution in [3.63, 3.8) is 0 Å². The summed E-state index contributed by atoms with van der Waals surface area (Å²) in [7, 11) is 0. The van der Waals surface area contributed by atoms with Crippen LogP contribution in [0.25, 0.3) is 11.0 Å². The van der Waals surface area contributed by atoms with Gasteiger partial charge in [0.05, 0.1) is 10.6 Å². The maximum Gasteiger partial charge on any atom is 0.259 e. The molecule has 1 fully saturated rings. The smallest absolute Gasteiger partial charge is 0.259 e. The second kappa shape index (κ2) is 7.09. The molecule has 0 spiro atoms. The van der Waals surface area contributed by atoms with Crippen molar-refractivity contribution < 1.29 is 4.79 Å². The highest BCUT2D eigenvalue weighted by molar-refractivity contribution is 8.04. The van der Waals surface area contributed by atoms with Crippen molar-refractivity contribution in [3.8, 4) is 0 Å². The van der Waals surface area contributed by atoms with Gasteiger partial charge in [0, 0.05) is 48.9 Å². The lowest BCUT2D eigenvalue weighted by molar-refractivity contribution is -0.117. The highest BCUT2D eigenvalue weighted by atomic mass is 32.2. The zero-order valence-electron chi connectivity index (χ0n) is 14.3. The number of aromatic amines is 1. The molecule has 0 aromatic carbocycles. The van der Waals surface area contributed by atoms with Gasteiger partial charge in [-0.05, 0) is 37.9 Å². The summed E-state index contributed by atoms with van der Waals surface area (Å²) in [6.45, 7) is 4.87. The van der Waals surface area contributed by atoms with Crippen molar-refractivity contribution in [2.75, 3.05) is 30.3 Å². The Bertz CT molecular complexity index is 809. The Hall–Kier alpha value is -1.99. The molecule has 1 atom stereocenters. The van der Waals surface area contributed by atoms with Crippen molar-refractivity contribution in [1.82, 2.24) is 20.6 Å². The first-order valence-corrected chi connectivity index (χ1v) is 9.76. The van der Waals surface area contributed by atoms with E-state index in [0.717, 1.165) is 59.9 Å². The summed E-state index contributed by atoms with van der Waals surface area (Å²) < 4.78 is 0. The number of hydrogen-bond acceptors (Lipinski definition) is 5.